The van der Waals surface area contributed by atoms with Gasteiger partial charge >= 0.3 is 0 Å². The van der Waals surface area contributed by atoms with Crippen LogP contribution >= 0.6 is 0 Å². The largest absolute Gasteiger partial charge is 0.378 e. The van der Waals surface area contributed by atoms with E-state index < -0.39 is 6.23 Å². The Bertz CT molecular complexity index is 429. The first-order valence-electron chi connectivity index (χ1n) is 6.44. The first-order valence-corrected chi connectivity index (χ1v) is 6.44. The van der Waals surface area contributed by atoms with Gasteiger partial charge in [-0.25, -0.2) is 0 Å². The third-order valence-electron chi connectivity index (χ3n) is 2.56. The minimum atomic E-state index is -0.734. The Balaban J connectivity index is 0.000000191. The molecule has 0 fully saturated rings. The number of hydrogen-bond acceptors (Lipinski definition) is 3. The summed E-state index contributed by atoms with van der Waals surface area (Å²) in [7, 11) is 0. The van der Waals surface area contributed by atoms with E-state index in [2.05, 4.69) is 12.1 Å². The molecule has 3 nitrogen and oxygen atoms in total. The lowest BCUT2D eigenvalue weighted by Gasteiger charge is -2.02. The average molecular weight is 258 g/mol. The Kier molecular flexibility index (Phi) is 7.51. The number of benzene rings is 2. The van der Waals surface area contributed by atoms with Crippen molar-refractivity contribution in [3.63, 3.8) is 0 Å². The fourth-order valence-electron chi connectivity index (χ4n) is 1.67. The Labute approximate surface area is 114 Å². The normalized spacial score (nSPS) is 11.3. The molecule has 102 valence electrons. The molecular weight excluding hydrogens is 236 g/mol. The van der Waals surface area contributed by atoms with Crippen LogP contribution in [-0.4, -0.2) is 17.9 Å². The van der Waals surface area contributed by atoms with Crippen LogP contribution in [0.5, 0.6) is 0 Å². The number of nitrogens with two attached hydrogens (primary N) is 2. The Morgan fingerprint density at radius 2 is 1.32 bits per heavy atom. The number of aliphatic hydroxyl groups excluding tert-OH is 1. The minimum Gasteiger partial charge on any atom is -0.378 e. The van der Waals surface area contributed by atoms with Gasteiger partial charge in [0.25, 0.3) is 0 Å². The van der Waals surface area contributed by atoms with Crippen LogP contribution < -0.4 is 11.5 Å². The predicted octanol–water partition coefficient (Wildman–Crippen LogP) is 1.69. The van der Waals surface area contributed by atoms with Crippen LogP contribution in [0.3, 0.4) is 0 Å². The zero-order valence-electron chi connectivity index (χ0n) is 11.1. The fourth-order valence-corrected chi connectivity index (χ4v) is 1.67. The average Bonchev–Trinajstić information content (AvgIpc) is 2.41. The molecule has 1 atom stereocenters. The van der Waals surface area contributed by atoms with E-state index in [9.17, 15) is 0 Å². The fraction of sp³-hybridized carbons (Fsp3) is 0.250. The van der Waals surface area contributed by atoms with Crippen LogP contribution in [0.25, 0.3) is 0 Å². The summed E-state index contributed by atoms with van der Waals surface area (Å²) in [5.41, 5.74) is 12.9. The highest BCUT2D eigenvalue weighted by molar-refractivity contribution is 5.15. The maximum absolute atomic E-state index is 8.78. The van der Waals surface area contributed by atoms with Crippen molar-refractivity contribution in [2.75, 3.05) is 6.54 Å². The van der Waals surface area contributed by atoms with Gasteiger partial charge in [-0.2, -0.15) is 0 Å². The molecule has 0 amide bonds. The van der Waals surface area contributed by atoms with Crippen molar-refractivity contribution in [3.8, 4) is 0 Å². The maximum Gasteiger partial charge on any atom is 0.106 e. The molecule has 0 aliphatic heterocycles. The molecule has 0 heterocycles. The number of aliphatic hydroxyl groups is 1. The van der Waals surface area contributed by atoms with E-state index in [1.54, 1.807) is 0 Å². The summed E-state index contributed by atoms with van der Waals surface area (Å²) in [6.07, 6.45) is 0.782. The molecule has 19 heavy (non-hydrogen) atoms. The van der Waals surface area contributed by atoms with Gasteiger partial charge in [-0.1, -0.05) is 60.7 Å². The van der Waals surface area contributed by atoms with E-state index in [1.165, 1.54) is 5.56 Å². The molecule has 0 aliphatic carbocycles. The molecule has 0 aliphatic rings. The molecule has 2 rings (SSSR count). The van der Waals surface area contributed by atoms with E-state index in [0.717, 1.165) is 18.5 Å². The van der Waals surface area contributed by atoms with Crippen molar-refractivity contribution < 1.29 is 5.11 Å². The highest BCUT2D eigenvalue weighted by atomic mass is 16.3. The number of rotatable bonds is 4. The van der Waals surface area contributed by atoms with Gasteiger partial charge in [-0.15, -0.1) is 0 Å². The monoisotopic (exact) mass is 258 g/mol. The third-order valence-corrected chi connectivity index (χ3v) is 2.56. The Morgan fingerprint density at radius 1 is 0.842 bits per heavy atom. The van der Waals surface area contributed by atoms with Crippen LogP contribution in [-0.2, 0) is 12.8 Å². The SMILES string of the molecule is NC(O)Cc1ccccc1.NCCc1ccccc1. The second kappa shape index (κ2) is 9.28. The van der Waals surface area contributed by atoms with Gasteiger partial charge in [0.15, 0.2) is 0 Å². The van der Waals surface area contributed by atoms with Crippen molar-refractivity contribution in [2.45, 2.75) is 19.1 Å². The molecule has 2 aromatic rings. The lowest BCUT2D eigenvalue weighted by molar-refractivity contribution is 0.183. The van der Waals surface area contributed by atoms with E-state index in [-0.39, 0.29) is 0 Å². The molecule has 0 aromatic heterocycles. The van der Waals surface area contributed by atoms with Gasteiger partial charge in [0.2, 0.25) is 0 Å². The minimum absolute atomic E-state index is 0.529. The molecule has 0 bridgehead atoms. The molecule has 0 spiro atoms. The standard InChI is InChI=1S/C8H11NO.C8H11N/c9-8(10)6-7-4-2-1-3-5-7;9-7-6-8-4-2-1-3-5-8/h1-5,8,10H,6,9H2;1-5H,6-7,9H2. The van der Waals surface area contributed by atoms with Gasteiger partial charge in [0, 0.05) is 6.42 Å². The van der Waals surface area contributed by atoms with Gasteiger partial charge < -0.3 is 16.6 Å². The molecular formula is C16H22N2O. The van der Waals surface area contributed by atoms with Crippen molar-refractivity contribution in [2.24, 2.45) is 11.5 Å². The summed E-state index contributed by atoms with van der Waals surface area (Å²) < 4.78 is 0. The van der Waals surface area contributed by atoms with Gasteiger partial charge in [-0.3, -0.25) is 0 Å². The first kappa shape index (κ1) is 15.4. The van der Waals surface area contributed by atoms with Gasteiger partial charge in [0.05, 0.1) is 0 Å². The molecule has 0 saturated carbocycles. The van der Waals surface area contributed by atoms with Gasteiger partial charge in [0.1, 0.15) is 6.23 Å². The van der Waals surface area contributed by atoms with Crippen molar-refractivity contribution in [1.82, 2.24) is 0 Å². The highest BCUT2D eigenvalue weighted by Gasteiger charge is 1.95. The maximum atomic E-state index is 8.78. The summed E-state index contributed by atoms with van der Waals surface area (Å²) in [5.74, 6) is 0. The molecule has 0 radical (unpaired) electrons. The van der Waals surface area contributed by atoms with Crippen molar-refractivity contribution in [3.05, 3.63) is 71.8 Å². The molecule has 0 saturated heterocycles. The Hall–Kier alpha value is -1.68. The smallest absolute Gasteiger partial charge is 0.106 e. The lowest BCUT2D eigenvalue weighted by Crippen LogP contribution is -2.21. The molecule has 5 N–H and O–H groups in total. The first-order chi connectivity index (χ1) is 9.22. The topological polar surface area (TPSA) is 72.3 Å². The summed E-state index contributed by atoms with van der Waals surface area (Å²) in [5, 5.41) is 8.78. The van der Waals surface area contributed by atoms with E-state index >= 15 is 0 Å². The molecule has 3 heteroatoms. The van der Waals surface area contributed by atoms with Crippen LogP contribution in [0.2, 0.25) is 0 Å². The van der Waals surface area contributed by atoms with Crippen molar-refractivity contribution >= 4 is 0 Å². The summed E-state index contributed by atoms with van der Waals surface area (Å²) in [4.78, 5) is 0. The quantitative estimate of drug-likeness (QED) is 0.731. The lowest BCUT2D eigenvalue weighted by atomic mass is 10.1. The summed E-state index contributed by atoms with van der Waals surface area (Å²) in [6.45, 7) is 0.740. The van der Waals surface area contributed by atoms with E-state index in [1.807, 2.05) is 48.5 Å². The highest BCUT2D eigenvalue weighted by Crippen LogP contribution is 1.99. The summed E-state index contributed by atoms with van der Waals surface area (Å²) >= 11 is 0. The van der Waals surface area contributed by atoms with E-state index in [4.69, 9.17) is 16.6 Å². The van der Waals surface area contributed by atoms with Crippen molar-refractivity contribution in [1.29, 1.82) is 0 Å². The Morgan fingerprint density at radius 3 is 1.74 bits per heavy atom. The zero-order valence-corrected chi connectivity index (χ0v) is 11.1. The van der Waals surface area contributed by atoms with Gasteiger partial charge in [-0.05, 0) is 24.1 Å². The molecule has 1 unspecified atom stereocenters. The summed E-state index contributed by atoms with van der Waals surface area (Å²) in [6, 6.07) is 19.9. The second-order valence-corrected chi connectivity index (χ2v) is 4.28. The van der Waals surface area contributed by atoms with Crippen LogP contribution in [0.15, 0.2) is 60.7 Å². The molecule has 2 aromatic carbocycles. The predicted molar refractivity (Wildman–Crippen MR) is 79.5 cm³/mol. The van der Waals surface area contributed by atoms with Crippen LogP contribution in [0.4, 0.5) is 0 Å². The zero-order chi connectivity index (χ0) is 13.9. The van der Waals surface area contributed by atoms with Crippen LogP contribution in [0, 0.1) is 0 Å². The third kappa shape index (κ3) is 7.36. The van der Waals surface area contributed by atoms with E-state index in [0.29, 0.717) is 6.42 Å². The number of hydrogen-bond donors (Lipinski definition) is 3. The van der Waals surface area contributed by atoms with Crippen LogP contribution in [0.1, 0.15) is 11.1 Å². The second-order valence-electron chi connectivity index (χ2n) is 4.28.